The Bertz CT molecular complexity index is 727. The van der Waals surface area contributed by atoms with E-state index < -0.39 is 5.91 Å². The first-order valence-corrected chi connectivity index (χ1v) is 7.28. The summed E-state index contributed by atoms with van der Waals surface area (Å²) in [7, 11) is 0. The molecule has 0 aliphatic carbocycles. The van der Waals surface area contributed by atoms with Crippen molar-refractivity contribution in [2.75, 3.05) is 5.73 Å². The van der Waals surface area contributed by atoms with E-state index in [1.54, 1.807) is 12.1 Å². The molecule has 2 aromatic rings. The summed E-state index contributed by atoms with van der Waals surface area (Å²) in [5.41, 5.74) is 12.3. The number of carbonyl (C=O) groups excluding carboxylic acids is 1. The van der Waals surface area contributed by atoms with Crippen molar-refractivity contribution in [3.63, 3.8) is 0 Å². The largest absolute Gasteiger partial charge is 0.399 e. The maximum absolute atomic E-state index is 11.6. The van der Waals surface area contributed by atoms with Gasteiger partial charge in [0.2, 0.25) is 5.91 Å². The highest BCUT2D eigenvalue weighted by Gasteiger charge is 2.12. The van der Waals surface area contributed by atoms with Crippen molar-refractivity contribution < 1.29 is 4.79 Å². The number of nitrogen functional groups attached to an aromatic ring is 1. The number of aryl methyl sites for hydroxylation is 1. The molecule has 1 aromatic heterocycles. The summed E-state index contributed by atoms with van der Waals surface area (Å²) in [6, 6.07) is 6.35. The van der Waals surface area contributed by atoms with Gasteiger partial charge < -0.3 is 16.5 Å². The first-order valence-electron chi connectivity index (χ1n) is 6.47. The van der Waals surface area contributed by atoms with Crippen LogP contribution >= 0.6 is 11.8 Å². The fourth-order valence-corrected chi connectivity index (χ4v) is 2.78. The number of aromatic nitrogens is 2. The van der Waals surface area contributed by atoms with E-state index in [2.05, 4.69) is 9.97 Å². The molecule has 2 rings (SSSR count). The van der Waals surface area contributed by atoms with Crippen LogP contribution in [0.2, 0.25) is 0 Å². The molecule has 0 aliphatic heterocycles. The van der Waals surface area contributed by atoms with Crippen molar-refractivity contribution in [1.29, 1.82) is 0 Å². The quantitative estimate of drug-likeness (QED) is 0.572. The zero-order chi connectivity index (χ0) is 15.4. The van der Waals surface area contributed by atoms with E-state index in [1.807, 2.05) is 6.92 Å². The normalized spacial score (nSPS) is 10.5. The molecule has 0 atom stereocenters. The Kier molecular flexibility index (Phi) is 4.64. The van der Waals surface area contributed by atoms with Gasteiger partial charge in [0.15, 0.2) is 5.16 Å². The molecule has 0 radical (unpaired) electrons. The second-order valence-electron chi connectivity index (χ2n) is 4.51. The highest BCUT2D eigenvalue weighted by Crippen LogP contribution is 2.28. The highest BCUT2D eigenvalue weighted by molar-refractivity contribution is 7.99. The smallest absolute Gasteiger partial charge is 0.251 e. The third kappa shape index (κ3) is 3.85. The molecule has 7 heteroatoms. The average Bonchev–Trinajstić information content (AvgIpc) is 2.40. The van der Waals surface area contributed by atoms with Gasteiger partial charge in [-0.3, -0.25) is 9.59 Å². The monoisotopic (exact) mass is 304 g/mol. The summed E-state index contributed by atoms with van der Waals surface area (Å²) in [5, 5.41) is 0.429. The predicted octanol–water partition coefficient (Wildman–Crippen LogP) is 1.55. The molecule has 110 valence electrons. The van der Waals surface area contributed by atoms with Crippen LogP contribution in [0.5, 0.6) is 0 Å². The second kappa shape index (κ2) is 6.45. The number of hydrogen-bond donors (Lipinski definition) is 3. The lowest BCUT2D eigenvalue weighted by atomic mass is 10.2. The number of nitrogens with one attached hydrogen (secondary N) is 1. The van der Waals surface area contributed by atoms with Gasteiger partial charge in [0, 0.05) is 22.3 Å². The maximum atomic E-state index is 11.6. The first-order chi connectivity index (χ1) is 9.99. The van der Waals surface area contributed by atoms with Gasteiger partial charge in [-0.25, -0.2) is 4.98 Å². The van der Waals surface area contributed by atoms with Crippen molar-refractivity contribution >= 4 is 23.4 Å². The van der Waals surface area contributed by atoms with E-state index >= 15 is 0 Å². The van der Waals surface area contributed by atoms with Crippen LogP contribution in [0.3, 0.4) is 0 Å². The lowest BCUT2D eigenvalue weighted by Crippen LogP contribution is -2.13. The zero-order valence-electron chi connectivity index (χ0n) is 11.6. The van der Waals surface area contributed by atoms with Crippen molar-refractivity contribution in [1.82, 2.24) is 9.97 Å². The van der Waals surface area contributed by atoms with Crippen LogP contribution in [0, 0.1) is 0 Å². The Morgan fingerprint density at radius 3 is 2.81 bits per heavy atom. The molecule has 1 heterocycles. The first kappa shape index (κ1) is 15.1. The van der Waals surface area contributed by atoms with Gasteiger partial charge in [-0.1, -0.05) is 25.1 Å². The number of aromatic amines is 1. The lowest BCUT2D eigenvalue weighted by molar-refractivity contribution is 0.0997. The molecule has 0 saturated heterocycles. The fraction of sp³-hybridized carbons (Fsp3) is 0.214. The number of hydrogen-bond acceptors (Lipinski definition) is 5. The Labute approximate surface area is 126 Å². The maximum Gasteiger partial charge on any atom is 0.251 e. The molecule has 0 fully saturated rings. The molecule has 1 aromatic carbocycles. The van der Waals surface area contributed by atoms with E-state index in [1.165, 1.54) is 23.9 Å². The van der Waals surface area contributed by atoms with Crippen LogP contribution in [0.4, 0.5) is 5.69 Å². The third-order valence-corrected chi connectivity index (χ3v) is 3.72. The van der Waals surface area contributed by atoms with Crippen molar-refractivity contribution in [2.45, 2.75) is 29.8 Å². The minimum atomic E-state index is -0.572. The van der Waals surface area contributed by atoms with E-state index in [-0.39, 0.29) is 5.56 Å². The minimum absolute atomic E-state index is 0.216. The van der Waals surface area contributed by atoms with Crippen LogP contribution in [0.25, 0.3) is 0 Å². The number of carbonyl (C=O) groups is 1. The van der Waals surface area contributed by atoms with Gasteiger partial charge in [0.25, 0.3) is 5.56 Å². The molecular weight excluding hydrogens is 288 g/mol. The number of H-pyrrole nitrogens is 1. The Balaban J connectivity index is 2.38. The van der Waals surface area contributed by atoms with Crippen LogP contribution in [0.15, 0.2) is 39.1 Å². The van der Waals surface area contributed by atoms with Gasteiger partial charge >= 0.3 is 0 Å². The predicted molar refractivity (Wildman–Crippen MR) is 82.3 cm³/mol. The summed E-state index contributed by atoms with van der Waals surface area (Å²) in [6.07, 6.45) is 1.62. The molecule has 21 heavy (non-hydrogen) atoms. The van der Waals surface area contributed by atoms with E-state index in [0.29, 0.717) is 21.3 Å². The van der Waals surface area contributed by atoms with E-state index in [0.717, 1.165) is 18.5 Å². The Morgan fingerprint density at radius 1 is 1.38 bits per heavy atom. The number of nitrogens with zero attached hydrogens (tertiary/aromatic N) is 1. The summed E-state index contributed by atoms with van der Waals surface area (Å²) in [4.78, 5) is 30.7. The summed E-state index contributed by atoms with van der Waals surface area (Å²) >= 11 is 1.18. The van der Waals surface area contributed by atoms with Gasteiger partial charge in [0.1, 0.15) is 0 Å². The number of amides is 1. The lowest BCUT2D eigenvalue weighted by Gasteiger charge is -2.07. The molecule has 0 aliphatic rings. The third-order valence-electron chi connectivity index (χ3n) is 2.75. The minimum Gasteiger partial charge on any atom is -0.399 e. The van der Waals surface area contributed by atoms with Gasteiger partial charge in [-0.2, -0.15) is 0 Å². The van der Waals surface area contributed by atoms with Crippen LogP contribution in [-0.2, 0) is 6.42 Å². The molecule has 1 amide bonds. The molecule has 0 unspecified atom stereocenters. The summed E-state index contributed by atoms with van der Waals surface area (Å²) in [6.45, 7) is 2.01. The second-order valence-corrected chi connectivity index (χ2v) is 5.54. The van der Waals surface area contributed by atoms with Crippen LogP contribution in [0.1, 0.15) is 29.4 Å². The number of primary amides is 1. The fourth-order valence-electron chi connectivity index (χ4n) is 1.85. The molecule has 0 bridgehead atoms. The van der Waals surface area contributed by atoms with Gasteiger partial charge in [-0.05, 0) is 24.6 Å². The van der Waals surface area contributed by atoms with Gasteiger partial charge in [-0.15, -0.1) is 0 Å². The summed E-state index contributed by atoms with van der Waals surface area (Å²) < 4.78 is 0. The number of rotatable bonds is 5. The number of benzene rings is 1. The summed E-state index contributed by atoms with van der Waals surface area (Å²) in [5.74, 6) is -0.572. The molecular formula is C14H16N4O2S. The van der Waals surface area contributed by atoms with E-state index in [9.17, 15) is 9.59 Å². The zero-order valence-corrected chi connectivity index (χ0v) is 12.4. The Morgan fingerprint density at radius 2 is 2.14 bits per heavy atom. The molecule has 0 saturated carbocycles. The van der Waals surface area contributed by atoms with Crippen molar-refractivity contribution in [3.8, 4) is 0 Å². The average molecular weight is 304 g/mol. The molecule has 5 N–H and O–H groups in total. The van der Waals surface area contributed by atoms with Crippen LogP contribution in [-0.4, -0.2) is 15.9 Å². The standard InChI is InChI=1S/C14H16N4O2S/c1-2-3-9-7-12(19)18-14(17-9)21-11-5-4-8(15)6-10(11)13(16)20/h4-7H,2-3,15H2,1H3,(H2,16,20)(H,17,18,19). The van der Waals surface area contributed by atoms with Gasteiger partial charge in [0.05, 0.1) is 5.56 Å². The molecule has 0 spiro atoms. The number of anilines is 1. The SMILES string of the molecule is CCCc1cc(=O)[nH]c(Sc2ccc(N)cc2C(N)=O)n1. The number of nitrogens with two attached hydrogens (primary N) is 2. The topological polar surface area (TPSA) is 115 Å². The van der Waals surface area contributed by atoms with Crippen LogP contribution < -0.4 is 17.0 Å². The Hall–Kier alpha value is -2.28. The van der Waals surface area contributed by atoms with E-state index in [4.69, 9.17) is 11.5 Å². The molecule has 6 nitrogen and oxygen atoms in total. The van der Waals surface area contributed by atoms with Crippen molar-refractivity contribution in [2.24, 2.45) is 5.73 Å². The highest BCUT2D eigenvalue weighted by atomic mass is 32.2. The van der Waals surface area contributed by atoms with Crippen molar-refractivity contribution in [3.05, 3.63) is 45.9 Å².